The summed E-state index contributed by atoms with van der Waals surface area (Å²) < 4.78 is 18.2. The number of hydrogen-bond acceptors (Lipinski definition) is 2. The molecule has 5 rings (SSSR count). The van der Waals surface area contributed by atoms with Gasteiger partial charge in [0, 0.05) is 12.1 Å². The summed E-state index contributed by atoms with van der Waals surface area (Å²) in [5.74, 6) is 2.71. The number of nitrogens with zero attached hydrogens (tertiary/aromatic N) is 2. The van der Waals surface area contributed by atoms with Crippen molar-refractivity contribution in [2.75, 3.05) is 0 Å². The lowest BCUT2D eigenvalue weighted by molar-refractivity contribution is -0.146. The molecule has 0 spiro atoms. The van der Waals surface area contributed by atoms with E-state index >= 15 is 4.39 Å². The van der Waals surface area contributed by atoms with Crippen LogP contribution in [0.3, 0.4) is 0 Å². The molecule has 0 N–H and O–H groups in total. The second kappa shape index (κ2) is 6.92. The van der Waals surface area contributed by atoms with E-state index in [9.17, 15) is 4.79 Å². The number of aromatic nitrogens is 2. The maximum absolute atomic E-state index is 16.4. The van der Waals surface area contributed by atoms with Gasteiger partial charge in [-0.1, -0.05) is 13.8 Å². The zero-order valence-corrected chi connectivity index (χ0v) is 18.4. The van der Waals surface area contributed by atoms with Crippen molar-refractivity contribution in [3.8, 4) is 0 Å². The van der Waals surface area contributed by atoms with Crippen molar-refractivity contribution < 1.29 is 9.18 Å². The number of alkyl halides is 1. The summed E-state index contributed by atoms with van der Waals surface area (Å²) in [6.45, 7) is 7.06. The van der Waals surface area contributed by atoms with E-state index in [1.807, 2.05) is 19.3 Å². The van der Waals surface area contributed by atoms with Gasteiger partial charge in [0.15, 0.2) is 5.78 Å². The molecule has 4 fully saturated rings. The van der Waals surface area contributed by atoms with Crippen LogP contribution in [0, 0.1) is 47.8 Å². The van der Waals surface area contributed by atoms with Crippen molar-refractivity contribution in [1.82, 2.24) is 9.78 Å². The molecule has 0 radical (unpaired) electrons. The summed E-state index contributed by atoms with van der Waals surface area (Å²) in [6, 6.07) is 0. The number of aryl methyl sites for hydroxylation is 1. The van der Waals surface area contributed by atoms with Gasteiger partial charge in [-0.15, -0.1) is 0 Å². The summed E-state index contributed by atoms with van der Waals surface area (Å²) in [6.07, 6.45) is 13.1. The first kappa shape index (κ1) is 19.8. The number of carbonyl (C=O) groups is 1. The van der Waals surface area contributed by atoms with Gasteiger partial charge in [0.05, 0.1) is 12.7 Å². The zero-order valence-electron chi connectivity index (χ0n) is 18.4. The van der Waals surface area contributed by atoms with Crippen LogP contribution in [0.25, 0.3) is 0 Å². The van der Waals surface area contributed by atoms with Crippen LogP contribution in [-0.2, 0) is 11.3 Å². The van der Waals surface area contributed by atoms with Crippen LogP contribution < -0.4 is 0 Å². The van der Waals surface area contributed by atoms with Gasteiger partial charge in [-0.3, -0.25) is 9.48 Å². The van der Waals surface area contributed by atoms with E-state index in [1.54, 1.807) is 4.68 Å². The number of halogens is 1. The number of carbonyl (C=O) groups excluding carboxylic acids is 1. The average Bonchev–Trinajstić information content (AvgIpc) is 3.24. The molecule has 0 saturated heterocycles. The third-order valence-electron chi connectivity index (χ3n) is 9.76. The van der Waals surface area contributed by atoms with Crippen LogP contribution >= 0.6 is 0 Å². The van der Waals surface area contributed by atoms with E-state index in [0.29, 0.717) is 36.0 Å². The van der Waals surface area contributed by atoms with Crippen molar-refractivity contribution in [1.29, 1.82) is 0 Å². The molecule has 4 aliphatic rings. The number of fused-ring (bicyclic) bond motifs is 5. The van der Waals surface area contributed by atoms with Crippen LogP contribution in [0.4, 0.5) is 4.39 Å². The predicted molar refractivity (Wildman–Crippen MR) is 112 cm³/mol. The molecular formula is C25H37FN2O. The molecule has 8 atom stereocenters. The molecule has 0 amide bonds. The van der Waals surface area contributed by atoms with Crippen LogP contribution in [0.2, 0.25) is 0 Å². The number of Topliss-reactive ketones (excluding diaryl/α,β-unsaturated/α-hetero) is 1. The van der Waals surface area contributed by atoms with Gasteiger partial charge in [-0.2, -0.15) is 5.10 Å². The SMILES string of the molecule is Cc1cnn(CC(=O)C2CCC3C4CCC5CC(C)CCC5(F)C4CCC23C)c1. The van der Waals surface area contributed by atoms with Crippen molar-refractivity contribution in [2.24, 2.45) is 40.9 Å². The Morgan fingerprint density at radius 1 is 1.17 bits per heavy atom. The van der Waals surface area contributed by atoms with Crippen LogP contribution in [0.15, 0.2) is 12.4 Å². The first-order valence-electron chi connectivity index (χ1n) is 12.0. The van der Waals surface area contributed by atoms with E-state index in [0.717, 1.165) is 56.9 Å². The van der Waals surface area contributed by atoms with Crippen LogP contribution in [0.1, 0.15) is 77.2 Å². The van der Waals surface area contributed by atoms with E-state index < -0.39 is 5.67 Å². The van der Waals surface area contributed by atoms with Gasteiger partial charge in [-0.05, 0) is 105 Å². The molecule has 1 heterocycles. The van der Waals surface area contributed by atoms with Gasteiger partial charge >= 0.3 is 0 Å². The fourth-order valence-corrected chi connectivity index (χ4v) is 8.35. The highest BCUT2D eigenvalue weighted by Crippen LogP contribution is 2.66. The molecule has 4 saturated carbocycles. The lowest BCUT2D eigenvalue weighted by Gasteiger charge is -2.58. The first-order valence-corrected chi connectivity index (χ1v) is 12.0. The minimum absolute atomic E-state index is 0.0611. The summed E-state index contributed by atoms with van der Waals surface area (Å²) in [4.78, 5) is 13.2. The minimum Gasteiger partial charge on any atom is -0.297 e. The van der Waals surface area contributed by atoms with Crippen LogP contribution in [0.5, 0.6) is 0 Å². The summed E-state index contributed by atoms with van der Waals surface area (Å²) >= 11 is 0. The number of rotatable bonds is 3. The Hall–Kier alpha value is -1.19. The molecule has 0 aromatic carbocycles. The number of hydrogen-bond donors (Lipinski definition) is 0. The maximum Gasteiger partial charge on any atom is 0.157 e. The van der Waals surface area contributed by atoms with Crippen LogP contribution in [-0.4, -0.2) is 21.2 Å². The Morgan fingerprint density at radius 3 is 2.76 bits per heavy atom. The molecular weight excluding hydrogens is 363 g/mol. The minimum atomic E-state index is -0.925. The van der Waals surface area contributed by atoms with Crippen molar-refractivity contribution in [2.45, 2.75) is 90.8 Å². The Kier molecular flexibility index (Phi) is 4.71. The standard InChI is InChI=1S/C25H37FN2O/c1-16-8-11-25(26)18(12-16)4-5-19-20-6-7-22(24(20,3)10-9-21(19)25)23(29)15-28-14-17(2)13-27-28/h13-14,16,18-22H,4-12,15H2,1-3H3. The summed E-state index contributed by atoms with van der Waals surface area (Å²) in [5.41, 5.74) is 0.234. The van der Waals surface area contributed by atoms with E-state index in [-0.39, 0.29) is 17.3 Å². The largest absolute Gasteiger partial charge is 0.297 e. The monoisotopic (exact) mass is 400 g/mol. The Morgan fingerprint density at radius 2 is 2.00 bits per heavy atom. The predicted octanol–water partition coefficient (Wildman–Crippen LogP) is 5.76. The van der Waals surface area contributed by atoms with Gasteiger partial charge in [0.1, 0.15) is 5.67 Å². The molecule has 29 heavy (non-hydrogen) atoms. The number of ketones is 1. The Balaban J connectivity index is 1.35. The van der Waals surface area contributed by atoms with E-state index in [2.05, 4.69) is 18.9 Å². The van der Waals surface area contributed by atoms with Gasteiger partial charge < -0.3 is 0 Å². The maximum atomic E-state index is 16.4. The van der Waals surface area contributed by atoms with Gasteiger partial charge in [0.2, 0.25) is 0 Å². The second-order valence-corrected chi connectivity index (χ2v) is 11.3. The third-order valence-corrected chi connectivity index (χ3v) is 9.76. The molecule has 1 aromatic rings. The zero-order chi connectivity index (χ0) is 20.4. The average molecular weight is 401 g/mol. The van der Waals surface area contributed by atoms with E-state index in [1.165, 1.54) is 6.42 Å². The molecule has 3 nitrogen and oxygen atoms in total. The van der Waals surface area contributed by atoms with Gasteiger partial charge in [0.25, 0.3) is 0 Å². The second-order valence-electron chi connectivity index (χ2n) is 11.3. The summed E-state index contributed by atoms with van der Waals surface area (Å²) in [7, 11) is 0. The highest BCUT2D eigenvalue weighted by Gasteiger charge is 2.62. The molecule has 8 unspecified atom stereocenters. The fraction of sp³-hybridized carbons (Fsp3) is 0.840. The highest BCUT2D eigenvalue weighted by molar-refractivity contribution is 5.82. The molecule has 0 aliphatic heterocycles. The fourth-order valence-electron chi connectivity index (χ4n) is 8.35. The smallest absolute Gasteiger partial charge is 0.157 e. The highest BCUT2D eigenvalue weighted by atomic mass is 19.1. The molecule has 4 heteroatoms. The molecule has 4 aliphatic carbocycles. The van der Waals surface area contributed by atoms with Gasteiger partial charge in [-0.25, -0.2) is 4.39 Å². The van der Waals surface area contributed by atoms with Crippen molar-refractivity contribution >= 4 is 5.78 Å². The topological polar surface area (TPSA) is 34.9 Å². The molecule has 1 aromatic heterocycles. The van der Waals surface area contributed by atoms with Crippen molar-refractivity contribution in [3.63, 3.8) is 0 Å². The molecule has 0 bridgehead atoms. The Bertz CT molecular complexity index is 790. The summed E-state index contributed by atoms with van der Waals surface area (Å²) in [5, 5.41) is 4.33. The normalized spacial score (nSPS) is 46.6. The lowest BCUT2D eigenvalue weighted by atomic mass is 9.48. The Labute approximate surface area is 174 Å². The van der Waals surface area contributed by atoms with E-state index in [4.69, 9.17) is 0 Å². The third kappa shape index (κ3) is 3.03. The first-order chi connectivity index (χ1) is 13.8. The molecule has 160 valence electrons. The lowest BCUT2D eigenvalue weighted by Crippen LogP contribution is -2.56. The van der Waals surface area contributed by atoms with Crippen molar-refractivity contribution in [3.05, 3.63) is 18.0 Å². The quantitative estimate of drug-likeness (QED) is 0.647.